The molecule has 0 radical (unpaired) electrons. The zero-order valence-electron chi connectivity index (χ0n) is 15.0. The van der Waals surface area contributed by atoms with E-state index in [1.165, 1.54) is 23.8 Å². The van der Waals surface area contributed by atoms with Gasteiger partial charge in [0.05, 0.1) is 10.5 Å². The molecule has 1 amide bonds. The molecule has 0 fully saturated rings. The van der Waals surface area contributed by atoms with E-state index in [2.05, 4.69) is 29.6 Å². The second-order valence-corrected chi connectivity index (χ2v) is 6.10. The average molecular weight is 353 g/mol. The third-order valence-corrected chi connectivity index (χ3v) is 3.94. The summed E-state index contributed by atoms with van der Waals surface area (Å²) >= 11 is 0. The Bertz CT molecular complexity index is 783. The fourth-order valence-corrected chi connectivity index (χ4v) is 2.48. The summed E-state index contributed by atoms with van der Waals surface area (Å²) in [5.41, 5.74) is 2.77. The van der Waals surface area contributed by atoms with Gasteiger partial charge in [0.15, 0.2) is 0 Å². The number of para-hydroxylation sites is 1. The summed E-state index contributed by atoms with van der Waals surface area (Å²) in [6.45, 7) is 0.551. The molecule has 26 heavy (non-hydrogen) atoms. The van der Waals surface area contributed by atoms with E-state index >= 15 is 0 Å². The van der Waals surface area contributed by atoms with E-state index in [0.717, 1.165) is 18.5 Å². The maximum Gasteiger partial charge on any atom is 0.276 e. The highest BCUT2D eigenvalue weighted by molar-refractivity contribution is 5.92. The number of nitro benzene ring substituents is 1. The van der Waals surface area contributed by atoms with Crippen LogP contribution in [0.5, 0.6) is 0 Å². The Balaban J connectivity index is 1.78. The van der Waals surface area contributed by atoms with Crippen LogP contribution in [0.25, 0.3) is 6.08 Å². The molecule has 1 N–H and O–H groups in total. The molecule has 2 aromatic rings. The molecule has 136 valence electrons. The number of benzene rings is 2. The highest BCUT2D eigenvalue weighted by atomic mass is 16.6. The van der Waals surface area contributed by atoms with Gasteiger partial charge in [-0.3, -0.25) is 14.9 Å². The van der Waals surface area contributed by atoms with Crippen molar-refractivity contribution >= 4 is 23.4 Å². The second kappa shape index (κ2) is 9.36. The van der Waals surface area contributed by atoms with Gasteiger partial charge in [0.2, 0.25) is 5.91 Å². The van der Waals surface area contributed by atoms with Crippen molar-refractivity contribution < 1.29 is 9.72 Å². The molecule has 0 bridgehead atoms. The number of nitrogens with zero attached hydrogens (tertiary/aromatic N) is 2. The first kappa shape index (κ1) is 19.2. The number of aryl methyl sites for hydroxylation is 1. The van der Waals surface area contributed by atoms with Crippen molar-refractivity contribution in [2.75, 3.05) is 25.5 Å². The predicted molar refractivity (Wildman–Crippen MR) is 104 cm³/mol. The number of hydrogen-bond acceptors (Lipinski definition) is 4. The molecule has 0 saturated carbocycles. The van der Waals surface area contributed by atoms with Crippen molar-refractivity contribution in [2.24, 2.45) is 0 Å². The molecule has 6 heteroatoms. The van der Waals surface area contributed by atoms with Crippen LogP contribution in [0.4, 0.5) is 11.4 Å². The van der Waals surface area contributed by atoms with Crippen molar-refractivity contribution in [1.82, 2.24) is 5.32 Å². The number of hydrogen-bond donors (Lipinski definition) is 1. The SMILES string of the molecule is CN(C)c1ccc(CCCNC(=O)/C=C/c2ccccc2[N+](=O)[O-])cc1. The smallest absolute Gasteiger partial charge is 0.276 e. The summed E-state index contributed by atoms with van der Waals surface area (Å²) in [5, 5.41) is 13.7. The van der Waals surface area contributed by atoms with Crippen molar-refractivity contribution in [3.05, 3.63) is 75.8 Å². The predicted octanol–water partition coefficient (Wildman–Crippen LogP) is 3.42. The number of amides is 1. The summed E-state index contributed by atoms with van der Waals surface area (Å²) in [4.78, 5) is 24.4. The molecule has 6 nitrogen and oxygen atoms in total. The minimum absolute atomic E-state index is 0.0160. The highest BCUT2D eigenvalue weighted by Gasteiger charge is 2.09. The Morgan fingerprint density at radius 2 is 1.85 bits per heavy atom. The van der Waals surface area contributed by atoms with E-state index in [1.807, 2.05) is 19.0 Å². The lowest BCUT2D eigenvalue weighted by molar-refractivity contribution is -0.385. The fraction of sp³-hybridized carbons (Fsp3) is 0.250. The molecule has 0 unspecified atom stereocenters. The van der Waals surface area contributed by atoms with Gasteiger partial charge in [-0.15, -0.1) is 0 Å². The minimum Gasteiger partial charge on any atom is -0.378 e. The van der Waals surface area contributed by atoms with Crippen LogP contribution in [0.15, 0.2) is 54.6 Å². The molecule has 0 atom stereocenters. The lowest BCUT2D eigenvalue weighted by atomic mass is 10.1. The lowest BCUT2D eigenvalue weighted by Crippen LogP contribution is -2.22. The first-order chi connectivity index (χ1) is 12.5. The number of carbonyl (C=O) groups is 1. The molecule has 2 rings (SSSR count). The molecule has 0 heterocycles. The first-order valence-corrected chi connectivity index (χ1v) is 8.43. The summed E-state index contributed by atoms with van der Waals surface area (Å²) in [6, 6.07) is 14.6. The van der Waals surface area contributed by atoms with E-state index < -0.39 is 4.92 Å². The maximum atomic E-state index is 11.9. The minimum atomic E-state index is -0.459. The zero-order valence-corrected chi connectivity index (χ0v) is 15.0. The van der Waals surface area contributed by atoms with Gasteiger partial charge in [-0.05, 0) is 42.7 Å². The number of carbonyl (C=O) groups excluding carboxylic acids is 1. The summed E-state index contributed by atoms with van der Waals surface area (Å²) < 4.78 is 0. The van der Waals surface area contributed by atoms with Crippen LogP contribution < -0.4 is 10.2 Å². The molecule has 2 aromatic carbocycles. The summed E-state index contributed by atoms with van der Waals surface area (Å²) in [6.07, 6.45) is 4.50. The Labute approximate surface area is 153 Å². The van der Waals surface area contributed by atoms with E-state index in [4.69, 9.17) is 0 Å². The lowest BCUT2D eigenvalue weighted by Gasteiger charge is -2.12. The van der Waals surface area contributed by atoms with E-state index in [9.17, 15) is 14.9 Å². The topological polar surface area (TPSA) is 75.5 Å². The Morgan fingerprint density at radius 1 is 1.15 bits per heavy atom. The van der Waals surface area contributed by atoms with E-state index in [0.29, 0.717) is 12.1 Å². The highest BCUT2D eigenvalue weighted by Crippen LogP contribution is 2.18. The van der Waals surface area contributed by atoms with Gasteiger partial charge in [-0.2, -0.15) is 0 Å². The van der Waals surface area contributed by atoms with Crippen LogP contribution in [-0.2, 0) is 11.2 Å². The Kier molecular flexibility index (Phi) is 6.91. The van der Waals surface area contributed by atoms with E-state index in [1.54, 1.807) is 18.2 Å². The molecule has 0 aliphatic rings. The molecule has 0 aliphatic heterocycles. The van der Waals surface area contributed by atoms with Gasteiger partial charge in [0, 0.05) is 38.5 Å². The fourth-order valence-electron chi connectivity index (χ4n) is 2.48. The standard InChI is InChI=1S/C20H23N3O3/c1-22(2)18-12-9-16(10-13-18)6-5-15-21-20(24)14-11-17-7-3-4-8-19(17)23(25)26/h3-4,7-14H,5-6,15H2,1-2H3,(H,21,24)/b14-11+. The van der Waals surface area contributed by atoms with Crippen molar-refractivity contribution in [3.8, 4) is 0 Å². The molecule has 0 saturated heterocycles. The molecule has 0 aromatic heterocycles. The van der Waals surface area contributed by atoms with Gasteiger partial charge in [0.25, 0.3) is 5.69 Å². The average Bonchev–Trinajstić information content (AvgIpc) is 2.64. The zero-order chi connectivity index (χ0) is 18.9. The van der Waals surface area contributed by atoms with Gasteiger partial charge < -0.3 is 10.2 Å². The molecule has 0 aliphatic carbocycles. The van der Waals surface area contributed by atoms with E-state index in [-0.39, 0.29) is 11.6 Å². The van der Waals surface area contributed by atoms with Crippen molar-refractivity contribution in [1.29, 1.82) is 0 Å². The second-order valence-electron chi connectivity index (χ2n) is 6.10. The van der Waals surface area contributed by atoms with Crippen LogP contribution in [0.2, 0.25) is 0 Å². The third kappa shape index (κ3) is 5.73. The first-order valence-electron chi connectivity index (χ1n) is 8.43. The van der Waals surface area contributed by atoms with Gasteiger partial charge in [-0.1, -0.05) is 24.3 Å². The number of rotatable bonds is 8. The van der Waals surface area contributed by atoms with Crippen LogP contribution in [-0.4, -0.2) is 31.5 Å². The summed E-state index contributed by atoms with van der Waals surface area (Å²) in [7, 11) is 4.00. The number of nitrogens with one attached hydrogen (secondary N) is 1. The van der Waals surface area contributed by atoms with Crippen LogP contribution in [0, 0.1) is 10.1 Å². The monoisotopic (exact) mass is 353 g/mol. The van der Waals surface area contributed by atoms with Crippen molar-refractivity contribution in [2.45, 2.75) is 12.8 Å². The van der Waals surface area contributed by atoms with Crippen LogP contribution >= 0.6 is 0 Å². The maximum absolute atomic E-state index is 11.9. The third-order valence-electron chi connectivity index (χ3n) is 3.94. The largest absolute Gasteiger partial charge is 0.378 e. The van der Waals surface area contributed by atoms with Gasteiger partial charge >= 0.3 is 0 Å². The van der Waals surface area contributed by atoms with Crippen molar-refractivity contribution in [3.63, 3.8) is 0 Å². The van der Waals surface area contributed by atoms with Crippen LogP contribution in [0.3, 0.4) is 0 Å². The summed E-state index contributed by atoms with van der Waals surface area (Å²) in [5.74, 6) is -0.258. The molecule has 0 spiro atoms. The number of nitro groups is 1. The van der Waals surface area contributed by atoms with Gasteiger partial charge in [0.1, 0.15) is 0 Å². The van der Waals surface area contributed by atoms with Crippen LogP contribution in [0.1, 0.15) is 17.5 Å². The normalized spacial score (nSPS) is 10.7. The molecular weight excluding hydrogens is 330 g/mol. The Hall–Kier alpha value is -3.15. The quantitative estimate of drug-likeness (QED) is 0.341. The number of anilines is 1. The van der Waals surface area contributed by atoms with Gasteiger partial charge in [-0.25, -0.2) is 0 Å². The molecular formula is C20H23N3O3. The Morgan fingerprint density at radius 3 is 2.50 bits per heavy atom.